The number of aromatic nitrogens is 2. The third kappa shape index (κ3) is 6.53. The van der Waals surface area contributed by atoms with E-state index >= 15 is 0 Å². The molecule has 29 heavy (non-hydrogen) atoms. The number of carbonyl (C=O) groups is 2. The van der Waals surface area contributed by atoms with Crippen molar-refractivity contribution in [1.29, 1.82) is 0 Å². The third-order valence-electron chi connectivity index (χ3n) is 4.15. The first kappa shape index (κ1) is 22.8. The SMILES string of the molecule is CCCC(NC(=O)Cc1cc(F)cc(F)c1)C(=O)Nc1nnc(C(C)(C)CO)s1. The van der Waals surface area contributed by atoms with Gasteiger partial charge in [-0.25, -0.2) is 8.78 Å². The first-order chi connectivity index (χ1) is 13.6. The highest BCUT2D eigenvalue weighted by atomic mass is 32.1. The molecule has 1 aromatic heterocycles. The quantitative estimate of drug-likeness (QED) is 0.572. The summed E-state index contributed by atoms with van der Waals surface area (Å²) in [5.74, 6) is -2.53. The van der Waals surface area contributed by atoms with Gasteiger partial charge in [-0.2, -0.15) is 0 Å². The largest absolute Gasteiger partial charge is 0.395 e. The normalized spacial score (nSPS) is 12.5. The molecule has 1 unspecified atom stereocenters. The van der Waals surface area contributed by atoms with E-state index in [1.165, 1.54) is 0 Å². The summed E-state index contributed by atoms with van der Waals surface area (Å²) in [6, 6.07) is 2.04. The molecule has 0 aliphatic carbocycles. The van der Waals surface area contributed by atoms with Gasteiger partial charge >= 0.3 is 0 Å². The molecule has 0 fully saturated rings. The molecular weight excluding hydrogens is 402 g/mol. The molecule has 3 N–H and O–H groups in total. The Hall–Kier alpha value is -2.46. The van der Waals surface area contributed by atoms with Crippen LogP contribution in [-0.2, 0) is 21.4 Å². The van der Waals surface area contributed by atoms with Crippen LogP contribution in [0.15, 0.2) is 18.2 Å². The fraction of sp³-hybridized carbons (Fsp3) is 0.474. The highest BCUT2D eigenvalue weighted by Crippen LogP contribution is 2.28. The standard InChI is InChI=1S/C19H24F2N4O3S/c1-4-5-14(22-15(27)8-11-6-12(20)9-13(21)7-11)16(28)23-18-25-24-17(29-18)19(2,3)10-26/h6-7,9,14,26H,4-5,8,10H2,1-3H3,(H,22,27)(H,23,25,28). The van der Waals surface area contributed by atoms with Crippen LogP contribution in [0.3, 0.4) is 0 Å². The van der Waals surface area contributed by atoms with Crippen molar-refractivity contribution in [2.75, 3.05) is 11.9 Å². The van der Waals surface area contributed by atoms with Crippen LogP contribution in [0.4, 0.5) is 13.9 Å². The van der Waals surface area contributed by atoms with E-state index in [4.69, 9.17) is 0 Å². The minimum Gasteiger partial charge on any atom is -0.395 e. The molecule has 0 bridgehead atoms. The Bertz CT molecular complexity index is 853. The fourth-order valence-corrected chi connectivity index (χ4v) is 3.35. The Labute approximate surface area is 171 Å². The van der Waals surface area contributed by atoms with Crippen LogP contribution in [0.1, 0.15) is 44.2 Å². The van der Waals surface area contributed by atoms with E-state index in [2.05, 4.69) is 20.8 Å². The number of benzene rings is 1. The van der Waals surface area contributed by atoms with Crippen molar-refractivity contribution in [2.45, 2.75) is 51.5 Å². The van der Waals surface area contributed by atoms with Crippen molar-refractivity contribution in [1.82, 2.24) is 15.5 Å². The maximum absolute atomic E-state index is 13.3. The summed E-state index contributed by atoms with van der Waals surface area (Å²) >= 11 is 1.14. The van der Waals surface area contributed by atoms with Crippen LogP contribution in [0.2, 0.25) is 0 Å². The average Bonchev–Trinajstić information content (AvgIpc) is 3.09. The van der Waals surface area contributed by atoms with Gasteiger partial charge in [0.1, 0.15) is 22.7 Å². The first-order valence-corrected chi connectivity index (χ1v) is 9.96. The topological polar surface area (TPSA) is 104 Å². The molecule has 1 heterocycles. The van der Waals surface area contributed by atoms with Gasteiger partial charge < -0.3 is 10.4 Å². The lowest BCUT2D eigenvalue weighted by Gasteiger charge is -2.17. The predicted octanol–water partition coefficient (Wildman–Crippen LogP) is 2.55. The number of halogens is 2. The number of nitrogens with one attached hydrogen (secondary N) is 2. The third-order valence-corrected chi connectivity index (χ3v) is 5.35. The Morgan fingerprint density at radius 1 is 1.21 bits per heavy atom. The van der Waals surface area contributed by atoms with Gasteiger partial charge in [-0.1, -0.05) is 38.5 Å². The number of amides is 2. The number of anilines is 1. The minimum absolute atomic E-state index is 0.120. The minimum atomic E-state index is -0.830. The molecule has 2 rings (SSSR count). The Morgan fingerprint density at radius 3 is 2.45 bits per heavy atom. The Balaban J connectivity index is 2.02. The number of hydrogen-bond acceptors (Lipinski definition) is 6. The molecule has 2 aromatic rings. The number of hydrogen-bond donors (Lipinski definition) is 3. The van der Waals surface area contributed by atoms with Gasteiger partial charge in [0.25, 0.3) is 0 Å². The predicted molar refractivity (Wildman–Crippen MR) is 106 cm³/mol. The molecule has 0 saturated carbocycles. The summed E-state index contributed by atoms with van der Waals surface area (Å²) < 4.78 is 26.6. The summed E-state index contributed by atoms with van der Waals surface area (Å²) in [4.78, 5) is 24.8. The molecule has 0 saturated heterocycles. The summed E-state index contributed by atoms with van der Waals surface area (Å²) in [6.45, 7) is 5.34. The molecule has 2 amide bonds. The highest BCUT2D eigenvalue weighted by molar-refractivity contribution is 7.15. The zero-order valence-electron chi connectivity index (χ0n) is 16.5. The van der Waals surface area contributed by atoms with Crippen molar-refractivity contribution in [3.8, 4) is 0 Å². The second kappa shape index (κ2) is 9.84. The van der Waals surface area contributed by atoms with E-state index in [0.29, 0.717) is 17.8 Å². The number of aliphatic hydroxyl groups excluding tert-OH is 1. The highest BCUT2D eigenvalue weighted by Gasteiger charge is 2.26. The van der Waals surface area contributed by atoms with E-state index in [9.17, 15) is 23.5 Å². The maximum Gasteiger partial charge on any atom is 0.248 e. The van der Waals surface area contributed by atoms with Crippen LogP contribution in [0.25, 0.3) is 0 Å². The number of aliphatic hydroxyl groups is 1. The van der Waals surface area contributed by atoms with Crippen molar-refractivity contribution < 1.29 is 23.5 Å². The van der Waals surface area contributed by atoms with E-state index in [0.717, 1.165) is 29.5 Å². The van der Waals surface area contributed by atoms with Crippen LogP contribution in [-0.4, -0.2) is 39.8 Å². The van der Waals surface area contributed by atoms with Crippen molar-refractivity contribution in [3.05, 3.63) is 40.4 Å². The average molecular weight is 426 g/mol. The van der Waals surface area contributed by atoms with E-state index in [-0.39, 0.29) is 23.7 Å². The zero-order chi connectivity index (χ0) is 21.6. The zero-order valence-corrected chi connectivity index (χ0v) is 17.3. The molecule has 0 aliphatic heterocycles. The van der Waals surface area contributed by atoms with Crippen molar-refractivity contribution >= 4 is 28.3 Å². The molecule has 7 nitrogen and oxygen atoms in total. The smallest absolute Gasteiger partial charge is 0.248 e. The van der Waals surface area contributed by atoms with Crippen LogP contribution >= 0.6 is 11.3 Å². The number of nitrogens with zero attached hydrogens (tertiary/aromatic N) is 2. The molecule has 10 heteroatoms. The second-order valence-electron chi connectivity index (χ2n) is 7.31. The second-order valence-corrected chi connectivity index (χ2v) is 8.28. The molecule has 0 radical (unpaired) electrons. The summed E-state index contributed by atoms with van der Waals surface area (Å²) in [7, 11) is 0. The van der Waals surface area contributed by atoms with E-state index in [1.54, 1.807) is 13.8 Å². The van der Waals surface area contributed by atoms with E-state index < -0.39 is 34.9 Å². The monoisotopic (exact) mass is 426 g/mol. The van der Waals surface area contributed by atoms with Crippen LogP contribution in [0, 0.1) is 11.6 Å². The van der Waals surface area contributed by atoms with Gasteiger partial charge in [0.05, 0.1) is 13.0 Å². The lowest BCUT2D eigenvalue weighted by Crippen LogP contribution is -2.44. The van der Waals surface area contributed by atoms with Crippen molar-refractivity contribution in [3.63, 3.8) is 0 Å². The summed E-state index contributed by atoms with van der Waals surface area (Å²) in [6.07, 6.45) is 0.755. The fourth-order valence-electron chi connectivity index (χ4n) is 2.51. The lowest BCUT2D eigenvalue weighted by atomic mass is 9.96. The molecular formula is C19H24F2N4O3S. The summed E-state index contributed by atoms with van der Waals surface area (Å²) in [5, 5.41) is 23.3. The Kier molecular flexibility index (Phi) is 7.74. The molecule has 158 valence electrons. The Morgan fingerprint density at radius 2 is 1.86 bits per heavy atom. The number of rotatable bonds is 9. The van der Waals surface area contributed by atoms with Gasteiger partial charge in [-0.15, -0.1) is 10.2 Å². The van der Waals surface area contributed by atoms with E-state index in [1.807, 2.05) is 6.92 Å². The summed E-state index contributed by atoms with van der Waals surface area (Å²) in [5.41, 5.74) is -0.409. The van der Waals surface area contributed by atoms with Crippen molar-refractivity contribution in [2.24, 2.45) is 0 Å². The maximum atomic E-state index is 13.3. The van der Waals surface area contributed by atoms with Crippen LogP contribution < -0.4 is 10.6 Å². The molecule has 1 aromatic carbocycles. The van der Waals surface area contributed by atoms with Gasteiger partial charge in [0.2, 0.25) is 16.9 Å². The van der Waals surface area contributed by atoms with Crippen LogP contribution in [0.5, 0.6) is 0 Å². The van der Waals surface area contributed by atoms with Gasteiger partial charge in [0.15, 0.2) is 0 Å². The molecule has 1 atom stereocenters. The van der Waals surface area contributed by atoms with Gasteiger partial charge in [-0.05, 0) is 24.1 Å². The molecule has 0 spiro atoms. The van der Waals surface area contributed by atoms with Gasteiger partial charge in [-0.3, -0.25) is 14.9 Å². The molecule has 0 aliphatic rings. The number of carbonyl (C=O) groups excluding carboxylic acids is 2. The lowest BCUT2D eigenvalue weighted by molar-refractivity contribution is -0.126. The first-order valence-electron chi connectivity index (χ1n) is 9.14. The van der Waals surface area contributed by atoms with Gasteiger partial charge in [0, 0.05) is 11.5 Å².